The van der Waals surface area contributed by atoms with E-state index in [9.17, 15) is 4.79 Å². The fourth-order valence-electron chi connectivity index (χ4n) is 2.81. The fourth-order valence-corrected chi connectivity index (χ4v) is 5.54. The lowest BCUT2D eigenvalue weighted by Gasteiger charge is -2.16. The Balaban J connectivity index is 1.77. The standard InChI is InChI=1S/C22H21Br2NO2S2/c1-13(2)11-25-21(26)19(29-22(25)28)10-16-8-17(23)20(18(24)9-16)27-12-15-6-4-14(3)5-7-15/h4-10,13H,11-12H2,1-3H3/b19-10-. The van der Waals surface area contributed by atoms with Crippen LogP contribution in [-0.2, 0) is 11.4 Å². The van der Waals surface area contributed by atoms with Crippen LogP contribution in [0.25, 0.3) is 6.08 Å². The molecule has 29 heavy (non-hydrogen) atoms. The van der Waals surface area contributed by atoms with E-state index in [1.54, 1.807) is 4.90 Å². The number of carbonyl (C=O) groups excluding carboxylic acids is 1. The summed E-state index contributed by atoms with van der Waals surface area (Å²) in [6.45, 7) is 7.33. The van der Waals surface area contributed by atoms with Gasteiger partial charge in [0.1, 0.15) is 16.7 Å². The molecule has 152 valence electrons. The van der Waals surface area contributed by atoms with Gasteiger partial charge in [0.2, 0.25) is 0 Å². The molecule has 0 radical (unpaired) electrons. The van der Waals surface area contributed by atoms with Crippen LogP contribution in [0.5, 0.6) is 5.75 Å². The molecule has 1 amide bonds. The average molecular weight is 555 g/mol. The molecule has 0 unspecified atom stereocenters. The third-order valence-electron chi connectivity index (χ3n) is 4.24. The number of thioether (sulfide) groups is 1. The number of benzene rings is 2. The Hall–Kier alpha value is -1.15. The maximum Gasteiger partial charge on any atom is 0.266 e. The van der Waals surface area contributed by atoms with Gasteiger partial charge in [-0.2, -0.15) is 0 Å². The van der Waals surface area contributed by atoms with E-state index in [2.05, 4.69) is 76.9 Å². The zero-order chi connectivity index (χ0) is 21.1. The summed E-state index contributed by atoms with van der Waals surface area (Å²) >= 11 is 13.9. The number of ether oxygens (including phenoxy) is 1. The van der Waals surface area contributed by atoms with Gasteiger partial charge in [-0.15, -0.1) is 0 Å². The maximum atomic E-state index is 12.7. The monoisotopic (exact) mass is 553 g/mol. The predicted octanol–water partition coefficient (Wildman–Crippen LogP) is 6.96. The van der Waals surface area contributed by atoms with E-state index in [0.717, 1.165) is 25.8 Å². The maximum absolute atomic E-state index is 12.7. The zero-order valence-corrected chi connectivity index (χ0v) is 21.2. The van der Waals surface area contributed by atoms with E-state index in [1.807, 2.05) is 18.2 Å². The number of halogens is 2. The van der Waals surface area contributed by atoms with Crippen LogP contribution in [0, 0.1) is 12.8 Å². The smallest absolute Gasteiger partial charge is 0.266 e. The van der Waals surface area contributed by atoms with Crippen molar-refractivity contribution >= 4 is 72.1 Å². The minimum Gasteiger partial charge on any atom is -0.487 e. The van der Waals surface area contributed by atoms with Crippen LogP contribution in [0.3, 0.4) is 0 Å². The molecular weight excluding hydrogens is 534 g/mol. The lowest BCUT2D eigenvalue weighted by molar-refractivity contribution is -0.122. The summed E-state index contributed by atoms with van der Waals surface area (Å²) in [5.74, 6) is 1.07. The number of hydrogen-bond donors (Lipinski definition) is 0. The Labute approximate surface area is 198 Å². The van der Waals surface area contributed by atoms with Crippen LogP contribution in [-0.4, -0.2) is 21.7 Å². The first-order valence-corrected chi connectivity index (χ1v) is 12.0. The highest BCUT2D eigenvalue weighted by molar-refractivity contribution is 9.11. The second-order valence-electron chi connectivity index (χ2n) is 7.27. The van der Waals surface area contributed by atoms with Gasteiger partial charge < -0.3 is 4.74 Å². The number of amides is 1. The highest BCUT2D eigenvalue weighted by Gasteiger charge is 2.32. The molecule has 0 saturated carbocycles. The average Bonchev–Trinajstić information content (AvgIpc) is 2.89. The molecule has 1 saturated heterocycles. The summed E-state index contributed by atoms with van der Waals surface area (Å²) in [4.78, 5) is 15.0. The van der Waals surface area contributed by atoms with E-state index in [1.165, 1.54) is 17.3 Å². The first kappa shape index (κ1) is 22.5. The number of nitrogens with zero attached hydrogens (tertiary/aromatic N) is 1. The highest BCUT2D eigenvalue weighted by Crippen LogP contribution is 2.38. The molecule has 0 aromatic heterocycles. The minimum atomic E-state index is -0.0272. The van der Waals surface area contributed by atoms with Crippen LogP contribution >= 0.6 is 55.8 Å². The predicted molar refractivity (Wildman–Crippen MR) is 132 cm³/mol. The van der Waals surface area contributed by atoms with Gasteiger partial charge >= 0.3 is 0 Å². The molecule has 1 heterocycles. The Morgan fingerprint density at radius 1 is 1.17 bits per heavy atom. The van der Waals surface area contributed by atoms with E-state index >= 15 is 0 Å². The van der Waals surface area contributed by atoms with Crippen LogP contribution in [0.15, 0.2) is 50.2 Å². The van der Waals surface area contributed by atoms with Gasteiger partial charge in [-0.25, -0.2) is 0 Å². The van der Waals surface area contributed by atoms with Gasteiger partial charge in [-0.05, 0) is 74.0 Å². The lowest BCUT2D eigenvalue weighted by atomic mass is 10.1. The molecule has 0 spiro atoms. The molecule has 0 aliphatic carbocycles. The number of rotatable bonds is 6. The summed E-state index contributed by atoms with van der Waals surface area (Å²) in [5.41, 5.74) is 3.23. The van der Waals surface area contributed by atoms with Gasteiger partial charge in [0, 0.05) is 6.54 Å². The fraction of sp³-hybridized carbons (Fsp3) is 0.273. The van der Waals surface area contributed by atoms with Crippen LogP contribution < -0.4 is 4.74 Å². The Kier molecular flexibility index (Phi) is 7.59. The Morgan fingerprint density at radius 2 is 1.79 bits per heavy atom. The second kappa shape index (κ2) is 9.77. The summed E-state index contributed by atoms with van der Waals surface area (Å²) in [6, 6.07) is 12.2. The Bertz CT molecular complexity index is 948. The van der Waals surface area contributed by atoms with Crippen molar-refractivity contribution in [2.75, 3.05) is 6.54 Å². The molecule has 1 fully saturated rings. The first-order valence-electron chi connectivity index (χ1n) is 9.17. The van der Waals surface area contributed by atoms with Crippen molar-refractivity contribution in [2.24, 2.45) is 5.92 Å². The normalized spacial score (nSPS) is 15.7. The van der Waals surface area contributed by atoms with E-state index in [4.69, 9.17) is 17.0 Å². The second-order valence-corrected chi connectivity index (χ2v) is 10.7. The molecule has 1 aliphatic rings. The van der Waals surface area contributed by atoms with Crippen LogP contribution in [0.2, 0.25) is 0 Å². The van der Waals surface area contributed by atoms with Gasteiger partial charge in [-0.1, -0.05) is 67.7 Å². The molecule has 0 N–H and O–H groups in total. The molecule has 2 aromatic carbocycles. The summed E-state index contributed by atoms with van der Waals surface area (Å²) in [6.07, 6.45) is 1.87. The van der Waals surface area contributed by atoms with E-state index < -0.39 is 0 Å². The number of carbonyl (C=O) groups is 1. The quantitative estimate of drug-likeness (QED) is 0.285. The Morgan fingerprint density at radius 3 is 2.38 bits per heavy atom. The number of aryl methyl sites for hydroxylation is 1. The number of hydrogen-bond acceptors (Lipinski definition) is 4. The molecule has 0 bridgehead atoms. The molecule has 3 nitrogen and oxygen atoms in total. The van der Waals surface area contributed by atoms with Crippen molar-refractivity contribution in [3.8, 4) is 5.75 Å². The van der Waals surface area contributed by atoms with Crippen LogP contribution in [0.4, 0.5) is 0 Å². The zero-order valence-electron chi connectivity index (χ0n) is 16.4. The SMILES string of the molecule is Cc1ccc(COc2c(Br)cc(/C=C3\SC(=S)N(CC(C)C)C3=O)cc2Br)cc1. The highest BCUT2D eigenvalue weighted by atomic mass is 79.9. The van der Waals surface area contributed by atoms with E-state index in [-0.39, 0.29) is 5.91 Å². The van der Waals surface area contributed by atoms with Gasteiger partial charge in [0.25, 0.3) is 5.91 Å². The summed E-state index contributed by atoms with van der Waals surface area (Å²) in [7, 11) is 0. The van der Waals surface area contributed by atoms with Gasteiger partial charge in [0.15, 0.2) is 0 Å². The molecular formula is C22H21Br2NO2S2. The van der Waals surface area contributed by atoms with E-state index in [0.29, 0.717) is 28.3 Å². The molecule has 2 aromatic rings. The molecule has 3 rings (SSSR count). The summed E-state index contributed by atoms with van der Waals surface area (Å²) in [5, 5.41) is 0. The van der Waals surface area contributed by atoms with Gasteiger partial charge in [-0.3, -0.25) is 9.69 Å². The van der Waals surface area contributed by atoms with Gasteiger partial charge in [0.05, 0.1) is 13.9 Å². The molecule has 1 aliphatic heterocycles. The van der Waals surface area contributed by atoms with Crippen molar-refractivity contribution < 1.29 is 9.53 Å². The summed E-state index contributed by atoms with van der Waals surface area (Å²) < 4.78 is 8.26. The molecule has 7 heteroatoms. The van der Waals surface area contributed by atoms with Crippen LogP contribution in [0.1, 0.15) is 30.5 Å². The van der Waals surface area contributed by atoms with Crippen molar-refractivity contribution in [3.63, 3.8) is 0 Å². The first-order chi connectivity index (χ1) is 13.7. The van der Waals surface area contributed by atoms with Crippen molar-refractivity contribution in [3.05, 3.63) is 66.9 Å². The lowest BCUT2D eigenvalue weighted by Crippen LogP contribution is -2.31. The molecule has 0 atom stereocenters. The topological polar surface area (TPSA) is 29.5 Å². The minimum absolute atomic E-state index is 0.0272. The van der Waals surface area contributed by atoms with Crippen molar-refractivity contribution in [1.29, 1.82) is 0 Å². The third-order valence-corrected chi connectivity index (χ3v) is 6.80. The van der Waals surface area contributed by atoms with Crippen molar-refractivity contribution in [1.82, 2.24) is 4.90 Å². The number of thiocarbonyl (C=S) groups is 1. The third kappa shape index (κ3) is 5.72. The van der Waals surface area contributed by atoms with Crippen molar-refractivity contribution in [2.45, 2.75) is 27.4 Å². The largest absolute Gasteiger partial charge is 0.487 e.